The van der Waals surface area contributed by atoms with E-state index < -0.39 is 7.92 Å². The van der Waals surface area contributed by atoms with Crippen LogP contribution in [0.2, 0.25) is 0 Å². The Hall–Kier alpha value is -11.2. The fourth-order valence-electron chi connectivity index (χ4n) is 12.5. The molecule has 0 aromatic heterocycles. The molecule has 0 amide bonds. The number of hydrogen-bond acceptors (Lipinski definition) is 2. The quantitative estimate of drug-likeness (QED) is 0.0944. The van der Waals surface area contributed by atoms with Crippen molar-refractivity contribution in [2.24, 2.45) is 0 Å². The number of anilines is 6. The van der Waals surface area contributed by atoms with Gasteiger partial charge in [-0.05, 0) is 162 Å². The number of benzene rings is 15. The molecule has 0 N–H and O–H groups in total. The summed E-state index contributed by atoms with van der Waals surface area (Å²) in [6.45, 7) is 0. The second-order valence-corrected chi connectivity index (χ2v) is 24.7. The summed E-state index contributed by atoms with van der Waals surface area (Å²) in [5.74, 6) is 0. The van der Waals surface area contributed by atoms with Gasteiger partial charge in [-0.2, -0.15) is 0 Å². The van der Waals surface area contributed by atoms with Crippen molar-refractivity contribution in [1.29, 1.82) is 0 Å². The molecule has 0 heterocycles. The second kappa shape index (κ2) is 24.7. The highest BCUT2D eigenvalue weighted by Crippen LogP contribution is 2.43. The first-order chi connectivity index (χ1) is 44.1. The second-order valence-electron chi connectivity index (χ2n) is 22.5. The van der Waals surface area contributed by atoms with E-state index in [0.717, 1.165) is 34.1 Å². The van der Waals surface area contributed by atoms with Crippen molar-refractivity contribution < 1.29 is 0 Å². The molecule has 15 aromatic rings. The molecule has 420 valence electrons. The summed E-state index contributed by atoms with van der Waals surface area (Å²) in [5, 5.41) is 8.87. The molecule has 0 fully saturated rings. The Balaban J connectivity index is 0.607. The summed E-state index contributed by atoms with van der Waals surface area (Å²) in [4.78, 5) is 4.70. The summed E-state index contributed by atoms with van der Waals surface area (Å²) in [7, 11) is -0.784. The Bertz CT molecular complexity index is 4550. The molecular formula is C86H61N2P. The van der Waals surface area contributed by atoms with E-state index in [1.807, 2.05) is 0 Å². The predicted octanol–water partition coefficient (Wildman–Crippen LogP) is 22.7. The molecule has 0 aliphatic rings. The number of nitrogens with zero attached hydrogens (tertiary/aromatic N) is 2. The van der Waals surface area contributed by atoms with Crippen molar-refractivity contribution in [1.82, 2.24) is 0 Å². The van der Waals surface area contributed by atoms with E-state index in [1.165, 1.54) is 104 Å². The summed E-state index contributed by atoms with van der Waals surface area (Å²) in [6, 6.07) is 135. The maximum atomic E-state index is 2.35. The van der Waals surface area contributed by atoms with Gasteiger partial charge in [0.1, 0.15) is 0 Å². The van der Waals surface area contributed by atoms with Crippen LogP contribution in [0.3, 0.4) is 0 Å². The van der Waals surface area contributed by atoms with E-state index in [1.54, 1.807) is 0 Å². The van der Waals surface area contributed by atoms with E-state index in [-0.39, 0.29) is 0 Å². The summed E-state index contributed by atoms with van der Waals surface area (Å²) < 4.78 is 0. The summed E-state index contributed by atoms with van der Waals surface area (Å²) in [6.07, 6.45) is 0. The van der Waals surface area contributed by atoms with Gasteiger partial charge in [0, 0.05) is 33.5 Å². The van der Waals surface area contributed by atoms with Crippen molar-refractivity contribution in [3.05, 3.63) is 370 Å². The first kappa shape index (κ1) is 54.5. The molecule has 0 aliphatic heterocycles. The highest BCUT2D eigenvalue weighted by atomic mass is 31.1. The van der Waals surface area contributed by atoms with Gasteiger partial charge in [0.15, 0.2) is 0 Å². The minimum Gasteiger partial charge on any atom is -0.310 e. The van der Waals surface area contributed by atoms with Crippen LogP contribution < -0.4 is 25.7 Å². The van der Waals surface area contributed by atoms with Gasteiger partial charge in [0.05, 0.1) is 11.4 Å². The molecule has 0 spiro atoms. The topological polar surface area (TPSA) is 6.48 Å². The van der Waals surface area contributed by atoms with Gasteiger partial charge in [-0.25, -0.2) is 0 Å². The number of hydrogen-bond donors (Lipinski definition) is 0. The molecule has 0 unspecified atom stereocenters. The van der Waals surface area contributed by atoms with Crippen LogP contribution in [0.25, 0.3) is 88.3 Å². The number of rotatable bonds is 15. The van der Waals surface area contributed by atoms with Crippen molar-refractivity contribution in [2.45, 2.75) is 0 Å². The fourth-order valence-corrected chi connectivity index (χ4v) is 14.7. The van der Waals surface area contributed by atoms with Crippen LogP contribution in [0.5, 0.6) is 0 Å². The molecule has 15 aromatic carbocycles. The van der Waals surface area contributed by atoms with E-state index in [0.29, 0.717) is 0 Å². The van der Waals surface area contributed by atoms with Gasteiger partial charge in [-0.15, -0.1) is 0 Å². The van der Waals surface area contributed by atoms with Crippen molar-refractivity contribution >= 4 is 79.5 Å². The Morgan fingerprint density at radius 3 is 0.674 bits per heavy atom. The largest absolute Gasteiger partial charge is 0.310 e. The molecule has 3 heteroatoms. The average Bonchev–Trinajstić information content (AvgIpc) is 3.30. The molecule has 15 rings (SSSR count). The van der Waals surface area contributed by atoms with E-state index in [9.17, 15) is 0 Å². The molecule has 0 saturated carbocycles. The highest BCUT2D eigenvalue weighted by molar-refractivity contribution is 7.79. The first-order valence-electron chi connectivity index (χ1n) is 30.5. The lowest BCUT2D eigenvalue weighted by Crippen LogP contribution is -2.20. The Labute approximate surface area is 522 Å². The molecule has 2 nitrogen and oxygen atoms in total. The molecular weight excluding hydrogens is 1090 g/mol. The van der Waals surface area contributed by atoms with Gasteiger partial charge < -0.3 is 9.80 Å². The fraction of sp³-hybridized carbons (Fsp3) is 0. The van der Waals surface area contributed by atoms with E-state index >= 15 is 0 Å². The molecule has 0 aliphatic carbocycles. The maximum absolute atomic E-state index is 2.35. The van der Waals surface area contributed by atoms with Gasteiger partial charge >= 0.3 is 0 Å². The van der Waals surface area contributed by atoms with Gasteiger partial charge in [0.2, 0.25) is 0 Å². The monoisotopic (exact) mass is 1150 g/mol. The SMILES string of the molecule is c1ccc(N(c2ccc(-c3ccc(-c4ccc(-c5ccc(P(c6ccccc6)c6ccc(-c7ccc(-c8ccc(-c9ccc(N(c%10ccccc%10)c%10cccc%11ccccc%10%11)cc9)cc8)cc7)cc6)cc5)cc4)cc3)cc2)c2cccc3ccccc23)cc1. The predicted molar refractivity (Wildman–Crippen MR) is 382 cm³/mol. The third-order valence-electron chi connectivity index (χ3n) is 17.1. The smallest absolute Gasteiger partial charge is 0.0540 e. The maximum Gasteiger partial charge on any atom is 0.0540 e. The van der Waals surface area contributed by atoms with Crippen LogP contribution >= 0.6 is 7.92 Å². The zero-order valence-corrected chi connectivity index (χ0v) is 50.0. The zero-order chi connectivity index (χ0) is 59.3. The van der Waals surface area contributed by atoms with Crippen LogP contribution in [0, 0.1) is 0 Å². The van der Waals surface area contributed by atoms with Gasteiger partial charge in [0.25, 0.3) is 0 Å². The van der Waals surface area contributed by atoms with Crippen LogP contribution in [0.1, 0.15) is 0 Å². The number of para-hydroxylation sites is 2. The van der Waals surface area contributed by atoms with Crippen molar-refractivity contribution in [2.75, 3.05) is 9.80 Å². The molecule has 0 bridgehead atoms. The highest BCUT2D eigenvalue weighted by Gasteiger charge is 2.20. The third-order valence-corrected chi connectivity index (χ3v) is 19.5. The average molecular weight is 1150 g/mol. The first-order valence-corrected chi connectivity index (χ1v) is 31.8. The summed E-state index contributed by atoms with van der Waals surface area (Å²) >= 11 is 0. The Morgan fingerprint density at radius 1 is 0.157 bits per heavy atom. The zero-order valence-electron chi connectivity index (χ0n) is 49.1. The minimum absolute atomic E-state index is 0.784. The molecule has 0 saturated heterocycles. The third kappa shape index (κ3) is 11.3. The van der Waals surface area contributed by atoms with Crippen LogP contribution in [0.4, 0.5) is 34.1 Å². The normalized spacial score (nSPS) is 11.2. The lowest BCUT2D eigenvalue weighted by Gasteiger charge is -2.27. The van der Waals surface area contributed by atoms with E-state index in [2.05, 4.69) is 380 Å². The molecule has 0 atom stereocenters. The lowest BCUT2D eigenvalue weighted by atomic mass is 9.98. The Morgan fingerprint density at radius 2 is 0.371 bits per heavy atom. The minimum atomic E-state index is -0.784. The van der Waals surface area contributed by atoms with Gasteiger partial charge in [-0.1, -0.05) is 309 Å². The van der Waals surface area contributed by atoms with Crippen molar-refractivity contribution in [3.8, 4) is 66.8 Å². The van der Waals surface area contributed by atoms with Crippen molar-refractivity contribution in [3.63, 3.8) is 0 Å². The summed E-state index contributed by atoms with van der Waals surface area (Å²) in [5.41, 5.74) is 21.1. The Kier molecular flexibility index (Phi) is 15.1. The standard InChI is InChI=1S/C86H61N2P/c1-4-20-76(21-5-1)87(85-28-14-18-74-16-10-12-26-83(74)85)78-54-46-70(47-55-78)66-38-30-62(31-39-66)64-34-42-68(43-35-64)72-50-58-81(59-51-72)89(80-24-8-3-9-25-80)82-60-52-73(53-61-82)69-44-36-65(37-45-69)63-32-40-67(41-33-63)71-48-56-79(57-49-71)88(77-22-6-2-7-23-77)86-29-15-19-75-17-11-13-27-84(75)86/h1-61H. The van der Waals surface area contributed by atoms with Crippen LogP contribution in [-0.4, -0.2) is 0 Å². The van der Waals surface area contributed by atoms with Crippen LogP contribution in [0.15, 0.2) is 370 Å². The number of fused-ring (bicyclic) bond motifs is 2. The lowest BCUT2D eigenvalue weighted by molar-refractivity contribution is 1.30. The van der Waals surface area contributed by atoms with Crippen LogP contribution in [-0.2, 0) is 0 Å². The van der Waals surface area contributed by atoms with E-state index in [4.69, 9.17) is 0 Å². The molecule has 0 radical (unpaired) electrons. The van der Waals surface area contributed by atoms with Gasteiger partial charge in [-0.3, -0.25) is 0 Å². The molecule has 89 heavy (non-hydrogen) atoms.